The number of rotatable bonds is 3. The lowest BCUT2D eigenvalue weighted by Gasteiger charge is -2.34. The van der Waals surface area contributed by atoms with Gasteiger partial charge in [-0.05, 0) is 63.0 Å². The Morgan fingerprint density at radius 1 is 1.32 bits per heavy atom. The van der Waals surface area contributed by atoms with E-state index in [1.165, 1.54) is 12.8 Å². The fourth-order valence-electron chi connectivity index (χ4n) is 2.36. The van der Waals surface area contributed by atoms with Crippen LogP contribution in [0.25, 0.3) is 0 Å². The number of halogens is 1. The van der Waals surface area contributed by atoms with E-state index in [0.717, 1.165) is 24.7 Å². The third-order valence-corrected chi connectivity index (χ3v) is 4.11. The van der Waals surface area contributed by atoms with Crippen LogP contribution in [0.5, 0.6) is 0 Å². The molecule has 1 saturated heterocycles. The Labute approximate surface area is 119 Å². The molecule has 0 aromatic heterocycles. The zero-order valence-corrected chi connectivity index (χ0v) is 12.3. The van der Waals surface area contributed by atoms with Crippen molar-refractivity contribution in [3.8, 4) is 0 Å². The molecule has 1 N–H and O–H groups in total. The minimum absolute atomic E-state index is 0.0527. The van der Waals surface area contributed by atoms with Crippen molar-refractivity contribution in [1.29, 1.82) is 0 Å². The number of likely N-dealkylation sites (tertiary alicyclic amines) is 1. The van der Waals surface area contributed by atoms with Crippen LogP contribution in [-0.4, -0.2) is 29.9 Å². The summed E-state index contributed by atoms with van der Waals surface area (Å²) in [7, 11) is 0. The van der Waals surface area contributed by atoms with E-state index in [1.807, 2.05) is 19.1 Å². The zero-order chi connectivity index (χ0) is 13.8. The first-order valence-corrected chi connectivity index (χ1v) is 7.24. The average molecular weight is 281 g/mol. The van der Waals surface area contributed by atoms with E-state index in [4.69, 9.17) is 11.6 Å². The lowest BCUT2D eigenvalue weighted by atomic mass is 9.98. The van der Waals surface area contributed by atoms with Gasteiger partial charge in [0, 0.05) is 10.7 Å². The lowest BCUT2D eigenvalue weighted by Crippen LogP contribution is -2.45. The molecule has 1 heterocycles. The summed E-state index contributed by atoms with van der Waals surface area (Å²) in [5.74, 6) is 0.833. The lowest BCUT2D eigenvalue weighted by molar-refractivity contribution is -0.121. The Kier molecular flexibility index (Phi) is 4.83. The second-order valence-electron chi connectivity index (χ2n) is 5.39. The molecule has 3 nitrogen and oxygen atoms in total. The summed E-state index contributed by atoms with van der Waals surface area (Å²) < 4.78 is 0. The molecule has 19 heavy (non-hydrogen) atoms. The van der Waals surface area contributed by atoms with Gasteiger partial charge in [0.25, 0.3) is 0 Å². The first-order valence-electron chi connectivity index (χ1n) is 6.87. The van der Waals surface area contributed by atoms with Gasteiger partial charge >= 0.3 is 0 Å². The van der Waals surface area contributed by atoms with Crippen molar-refractivity contribution in [2.75, 3.05) is 18.4 Å². The van der Waals surface area contributed by atoms with Crippen LogP contribution in [0.2, 0.25) is 5.02 Å². The van der Waals surface area contributed by atoms with E-state index in [1.54, 1.807) is 12.1 Å². The molecule has 1 aromatic rings. The summed E-state index contributed by atoms with van der Waals surface area (Å²) in [6, 6.07) is 7.13. The Hall–Kier alpha value is -1.06. The van der Waals surface area contributed by atoms with Gasteiger partial charge in [0.2, 0.25) is 5.91 Å². The second kappa shape index (κ2) is 6.40. The molecule has 1 amide bonds. The number of piperidine rings is 1. The molecule has 1 aliphatic rings. The number of nitrogens with one attached hydrogen (secondary N) is 1. The maximum Gasteiger partial charge on any atom is 0.241 e. The van der Waals surface area contributed by atoms with E-state index >= 15 is 0 Å². The molecule has 1 aliphatic heterocycles. The predicted molar refractivity (Wildman–Crippen MR) is 79.5 cm³/mol. The summed E-state index contributed by atoms with van der Waals surface area (Å²) in [4.78, 5) is 14.4. The van der Waals surface area contributed by atoms with Gasteiger partial charge in [-0.2, -0.15) is 0 Å². The fraction of sp³-hybridized carbons (Fsp3) is 0.533. The van der Waals surface area contributed by atoms with Crippen LogP contribution in [0, 0.1) is 5.92 Å². The summed E-state index contributed by atoms with van der Waals surface area (Å²) in [5, 5.41) is 3.62. The van der Waals surface area contributed by atoms with Gasteiger partial charge in [-0.15, -0.1) is 0 Å². The van der Waals surface area contributed by atoms with Crippen molar-refractivity contribution in [3.63, 3.8) is 0 Å². The van der Waals surface area contributed by atoms with E-state index in [0.29, 0.717) is 5.02 Å². The smallest absolute Gasteiger partial charge is 0.241 e. The summed E-state index contributed by atoms with van der Waals surface area (Å²) >= 11 is 5.83. The van der Waals surface area contributed by atoms with Gasteiger partial charge in [0.05, 0.1) is 6.04 Å². The quantitative estimate of drug-likeness (QED) is 0.920. The first kappa shape index (κ1) is 14.4. The van der Waals surface area contributed by atoms with Gasteiger partial charge in [0.1, 0.15) is 0 Å². The third-order valence-electron chi connectivity index (χ3n) is 3.86. The van der Waals surface area contributed by atoms with Crippen molar-refractivity contribution in [2.45, 2.75) is 32.7 Å². The Morgan fingerprint density at radius 2 is 1.89 bits per heavy atom. The number of benzene rings is 1. The first-order chi connectivity index (χ1) is 9.06. The van der Waals surface area contributed by atoms with Crippen LogP contribution in [0.15, 0.2) is 24.3 Å². The molecule has 0 radical (unpaired) electrons. The van der Waals surface area contributed by atoms with Crippen LogP contribution in [0.3, 0.4) is 0 Å². The van der Waals surface area contributed by atoms with E-state index in [9.17, 15) is 4.79 Å². The van der Waals surface area contributed by atoms with E-state index < -0.39 is 0 Å². The molecule has 0 bridgehead atoms. The van der Waals surface area contributed by atoms with Gasteiger partial charge in [0.15, 0.2) is 0 Å². The fourth-order valence-corrected chi connectivity index (χ4v) is 2.49. The molecule has 0 spiro atoms. The van der Waals surface area contributed by atoms with Gasteiger partial charge in [-0.1, -0.05) is 18.5 Å². The summed E-state index contributed by atoms with van der Waals surface area (Å²) in [6.45, 7) is 6.27. The number of nitrogens with zero attached hydrogens (tertiary/aromatic N) is 1. The minimum atomic E-state index is -0.0804. The maximum absolute atomic E-state index is 12.2. The van der Waals surface area contributed by atoms with E-state index in [-0.39, 0.29) is 11.9 Å². The molecular formula is C15H21ClN2O. The Morgan fingerprint density at radius 3 is 2.47 bits per heavy atom. The molecular weight excluding hydrogens is 260 g/mol. The SMILES string of the molecule is CC1CCN([C@@H](C)C(=O)Nc2ccc(Cl)cc2)CC1. The normalized spacial score (nSPS) is 19.1. The summed E-state index contributed by atoms with van der Waals surface area (Å²) in [5.41, 5.74) is 0.798. The molecule has 1 fully saturated rings. The van der Waals surface area contributed by atoms with Crippen LogP contribution < -0.4 is 5.32 Å². The van der Waals surface area contributed by atoms with Gasteiger partial charge in [-0.3, -0.25) is 9.69 Å². The van der Waals surface area contributed by atoms with Crippen molar-refractivity contribution >= 4 is 23.2 Å². The average Bonchev–Trinajstić information content (AvgIpc) is 2.41. The molecule has 0 saturated carbocycles. The van der Waals surface area contributed by atoms with Crippen LogP contribution in [0.4, 0.5) is 5.69 Å². The standard InChI is InChI=1S/C15H21ClN2O/c1-11-7-9-18(10-8-11)12(2)15(19)17-14-5-3-13(16)4-6-14/h3-6,11-12H,7-10H2,1-2H3,(H,17,19)/t12-/m0/s1. The molecule has 1 atom stereocenters. The van der Waals surface area contributed by atoms with Crippen molar-refractivity contribution < 1.29 is 4.79 Å². The zero-order valence-electron chi connectivity index (χ0n) is 11.5. The van der Waals surface area contributed by atoms with Crippen LogP contribution in [0.1, 0.15) is 26.7 Å². The minimum Gasteiger partial charge on any atom is -0.325 e. The monoisotopic (exact) mass is 280 g/mol. The molecule has 2 rings (SSSR count). The number of carbonyl (C=O) groups excluding carboxylic acids is 1. The number of hydrogen-bond donors (Lipinski definition) is 1. The molecule has 4 heteroatoms. The molecule has 0 unspecified atom stereocenters. The highest BCUT2D eigenvalue weighted by molar-refractivity contribution is 6.30. The molecule has 1 aromatic carbocycles. The molecule has 104 valence electrons. The molecule has 0 aliphatic carbocycles. The number of hydrogen-bond acceptors (Lipinski definition) is 2. The predicted octanol–water partition coefficient (Wildman–Crippen LogP) is 3.40. The maximum atomic E-state index is 12.2. The summed E-state index contributed by atoms with van der Waals surface area (Å²) in [6.07, 6.45) is 2.36. The Balaban J connectivity index is 1.90. The number of amides is 1. The van der Waals surface area contributed by atoms with Crippen LogP contribution in [-0.2, 0) is 4.79 Å². The van der Waals surface area contributed by atoms with Crippen molar-refractivity contribution in [1.82, 2.24) is 4.90 Å². The highest BCUT2D eigenvalue weighted by Crippen LogP contribution is 2.19. The number of carbonyl (C=O) groups is 1. The topological polar surface area (TPSA) is 32.3 Å². The van der Waals surface area contributed by atoms with Crippen molar-refractivity contribution in [2.24, 2.45) is 5.92 Å². The highest BCUT2D eigenvalue weighted by Gasteiger charge is 2.24. The largest absolute Gasteiger partial charge is 0.325 e. The van der Waals surface area contributed by atoms with E-state index in [2.05, 4.69) is 17.1 Å². The second-order valence-corrected chi connectivity index (χ2v) is 5.83. The van der Waals surface area contributed by atoms with Crippen LogP contribution >= 0.6 is 11.6 Å². The Bertz CT molecular complexity index is 424. The van der Waals surface area contributed by atoms with Gasteiger partial charge < -0.3 is 5.32 Å². The van der Waals surface area contributed by atoms with Gasteiger partial charge in [-0.25, -0.2) is 0 Å². The number of anilines is 1. The highest BCUT2D eigenvalue weighted by atomic mass is 35.5. The third kappa shape index (κ3) is 3.95. The van der Waals surface area contributed by atoms with Crippen molar-refractivity contribution in [3.05, 3.63) is 29.3 Å².